The van der Waals surface area contributed by atoms with E-state index in [1.807, 2.05) is 4.90 Å². The van der Waals surface area contributed by atoms with E-state index in [0.717, 1.165) is 24.1 Å². The number of rotatable bonds is 3. The van der Waals surface area contributed by atoms with Crippen molar-refractivity contribution in [3.05, 3.63) is 21.4 Å². The van der Waals surface area contributed by atoms with E-state index in [9.17, 15) is 9.59 Å². The number of likely N-dealkylation sites (tertiary alicyclic amines) is 1. The first-order chi connectivity index (χ1) is 10.1. The number of carbonyl (C=O) groups excluding carboxylic acids is 1. The Morgan fingerprint density at radius 2 is 2.10 bits per heavy atom. The van der Waals surface area contributed by atoms with Crippen LogP contribution in [0.2, 0.25) is 0 Å². The van der Waals surface area contributed by atoms with Gasteiger partial charge in [-0.2, -0.15) is 0 Å². The Bertz CT molecular complexity index is 528. The van der Waals surface area contributed by atoms with Crippen molar-refractivity contribution < 1.29 is 14.7 Å². The highest BCUT2D eigenvalue weighted by Crippen LogP contribution is 2.31. The Hall–Kier alpha value is -1.36. The lowest BCUT2D eigenvalue weighted by molar-refractivity contribution is -0.138. The van der Waals surface area contributed by atoms with Crippen LogP contribution in [0.25, 0.3) is 0 Å². The summed E-state index contributed by atoms with van der Waals surface area (Å²) in [7, 11) is 0. The lowest BCUT2D eigenvalue weighted by Crippen LogP contribution is -2.28. The maximum atomic E-state index is 12.6. The van der Waals surface area contributed by atoms with Crippen molar-refractivity contribution in [3.8, 4) is 0 Å². The normalized spacial score (nSPS) is 21.9. The molecule has 2 heterocycles. The number of aliphatic carboxylic acids is 1. The fourth-order valence-corrected chi connectivity index (χ4v) is 4.58. The predicted molar refractivity (Wildman–Crippen MR) is 81.8 cm³/mol. The summed E-state index contributed by atoms with van der Waals surface area (Å²) in [6, 6.07) is 2.08. The van der Waals surface area contributed by atoms with Gasteiger partial charge in [0, 0.05) is 24.4 Å². The summed E-state index contributed by atoms with van der Waals surface area (Å²) in [6.07, 6.45) is 6.92. The third kappa shape index (κ3) is 3.28. The van der Waals surface area contributed by atoms with Gasteiger partial charge in [-0.15, -0.1) is 11.3 Å². The van der Waals surface area contributed by atoms with E-state index < -0.39 is 5.97 Å². The molecule has 5 heteroatoms. The van der Waals surface area contributed by atoms with Gasteiger partial charge >= 0.3 is 5.97 Å². The summed E-state index contributed by atoms with van der Waals surface area (Å²) < 4.78 is 0. The average Bonchev–Trinajstić information content (AvgIpc) is 3.00. The maximum absolute atomic E-state index is 12.6. The zero-order chi connectivity index (χ0) is 14.8. The number of fused-ring (bicyclic) bond motifs is 1. The highest BCUT2D eigenvalue weighted by Gasteiger charge is 2.29. The van der Waals surface area contributed by atoms with Gasteiger partial charge < -0.3 is 10.0 Å². The van der Waals surface area contributed by atoms with Gasteiger partial charge in [-0.3, -0.25) is 9.59 Å². The van der Waals surface area contributed by atoms with Crippen LogP contribution in [0, 0.1) is 5.92 Å². The number of carbonyl (C=O) groups is 2. The van der Waals surface area contributed by atoms with Gasteiger partial charge in [-0.1, -0.05) is 6.42 Å². The molecule has 3 rings (SSSR count). The van der Waals surface area contributed by atoms with Gasteiger partial charge in [0.05, 0.1) is 4.88 Å². The van der Waals surface area contributed by atoms with Gasteiger partial charge in [0.1, 0.15) is 0 Å². The molecule has 0 spiro atoms. The van der Waals surface area contributed by atoms with Crippen LogP contribution >= 0.6 is 11.3 Å². The van der Waals surface area contributed by atoms with Crippen molar-refractivity contribution in [2.24, 2.45) is 5.92 Å². The zero-order valence-corrected chi connectivity index (χ0v) is 13.0. The number of amides is 1. The molecule has 21 heavy (non-hydrogen) atoms. The maximum Gasteiger partial charge on any atom is 0.303 e. The van der Waals surface area contributed by atoms with Gasteiger partial charge in [-0.05, 0) is 49.7 Å². The van der Waals surface area contributed by atoms with Crippen LogP contribution in [0.15, 0.2) is 6.07 Å². The first-order valence-electron chi connectivity index (χ1n) is 7.76. The Morgan fingerprint density at radius 3 is 2.90 bits per heavy atom. The van der Waals surface area contributed by atoms with Crippen molar-refractivity contribution in [3.63, 3.8) is 0 Å². The number of carboxylic acids is 1. The molecule has 114 valence electrons. The number of thiophene rings is 1. The van der Waals surface area contributed by atoms with E-state index in [0.29, 0.717) is 13.1 Å². The lowest BCUT2D eigenvalue weighted by Gasteiger charge is -2.15. The van der Waals surface area contributed by atoms with E-state index in [1.54, 1.807) is 11.3 Å². The summed E-state index contributed by atoms with van der Waals surface area (Å²) in [4.78, 5) is 27.4. The fourth-order valence-electron chi connectivity index (χ4n) is 3.36. The third-order valence-electron chi connectivity index (χ3n) is 4.49. The molecule has 4 nitrogen and oxygen atoms in total. The fraction of sp³-hybridized carbons (Fsp3) is 0.625. The number of aryl methyl sites for hydroxylation is 2. The largest absolute Gasteiger partial charge is 0.481 e. The molecule has 1 aliphatic carbocycles. The van der Waals surface area contributed by atoms with E-state index in [4.69, 9.17) is 5.11 Å². The molecule has 1 aromatic heterocycles. The molecule has 1 saturated heterocycles. The van der Waals surface area contributed by atoms with Crippen LogP contribution in [0.3, 0.4) is 0 Å². The standard InChI is InChI=1S/C16H21NO3S/c18-15(19)8-11-6-7-17(10-11)16(20)14-9-12-4-2-1-3-5-13(12)21-14/h9,11H,1-8,10H2,(H,18,19). The molecule has 1 N–H and O–H groups in total. The molecule has 2 aliphatic rings. The van der Waals surface area contributed by atoms with Crippen molar-refractivity contribution in [2.75, 3.05) is 13.1 Å². The van der Waals surface area contributed by atoms with Crippen molar-refractivity contribution in [2.45, 2.75) is 44.9 Å². The first kappa shape index (κ1) is 14.6. The van der Waals surface area contributed by atoms with Crippen molar-refractivity contribution in [1.82, 2.24) is 4.90 Å². The van der Waals surface area contributed by atoms with E-state index >= 15 is 0 Å². The monoisotopic (exact) mass is 307 g/mol. The van der Waals surface area contributed by atoms with Crippen LogP contribution in [-0.2, 0) is 17.6 Å². The van der Waals surface area contributed by atoms with Gasteiger partial charge in [0.15, 0.2) is 0 Å². The number of nitrogens with zero attached hydrogens (tertiary/aromatic N) is 1. The van der Waals surface area contributed by atoms with Crippen LogP contribution in [0.1, 0.15) is 52.2 Å². The minimum absolute atomic E-state index is 0.0981. The summed E-state index contributed by atoms with van der Waals surface area (Å²) in [5.74, 6) is -0.553. The average molecular weight is 307 g/mol. The molecule has 1 aliphatic heterocycles. The highest BCUT2D eigenvalue weighted by molar-refractivity contribution is 7.14. The molecule has 1 aromatic rings. The predicted octanol–water partition coefficient (Wildman–Crippen LogP) is 2.95. The van der Waals surface area contributed by atoms with Crippen LogP contribution in [0.5, 0.6) is 0 Å². The smallest absolute Gasteiger partial charge is 0.303 e. The molecular weight excluding hydrogens is 286 g/mol. The Balaban J connectivity index is 1.67. The van der Waals surface area contributed by atoms with E-state index in [1.165, 1.54) is 29.7 Å². The SMILES string of the molecule is O=C(O)CC1CCN(C(=O)c2cc3c(s2)CCCCC3)C1. The molecule has 1 fully saturated rings. The molecular formula is C16H21NO3S. The Labute approximate surface area is 128 Å². The van der Waals surface area contributed by atoms with Gasteiger partial charge in [-0.25, -0.2) is 0 Å². The molecule has 0 aromatic carbocycles. The van der Waals surface area contributed by atoms with Crippen molar-refractivity contribution in [1.29, 1.82) is 0 Å². The summed E-state index contributed by atoms with van der Waals surface area (Å²) in [5, 5.41) is 8.85. The Morgan fingerprint density at radius 1 is 1.29 bits per heavy atom. The molecule has 0 radical (unpaired) electrons. The number of carboxylic acid groups (broad SMARTS) is 1. The minimum Gasteiger partial charge on any atom is -0.481 e. The van der Waals surface area contributed by atoms with Gasteiger partial charge in [0.25, 0.3) is 5.91 Å². The van der Waals surface area contributed by atoms with Gasteiger partial charge in [0.2, 0.25) is 0 Å². The summed E-state index contributed by atoms with van der Waals surface area (Å²) in [5.41, 5.74) is 1.36. The third-order valence-corrected chi connectivity index (χ3v) is 5.72. The second-order valence-corrected chi connectivity index (χ2v) is 7.26. The first-order valence-corrected chi connectivity index (χ1v) is 8.58. The summed E-state index contributed by atoms with van der Waals surface area (Å²) in [6.45, 7) is 1.28. The molecule has 0 saturated carbocycles. The number of hydrogen-bond donors (Lipinski definition) is 1. The summed E-state index contributed by atoms with van der Waals surface area (Å²) >= 11 is 1.65. The zero-order valence-electron chi connectivity index (χ0n) is 12.1. The van der Waals surface area contributed by atoms with Crippen LogP contribution < -0.4 is 0 Å². The molecule has 1 amide bonds. The lowest BCUT2D eigenvalue weighted by atomic mass is 10.1. The highest BCUT2D eigenvalue weighted by atomic mass is 32.1. The molecule has 1 atom stereocenters. The van der Waals surface area contributed by atoms with E-state index in [-0.39, 0.29) is 18.2 Å². The second kappa shape index (κ2) is 6.18. The molecule has 0 bridgehead atoms. The molecule has 1 unspecified atom stereocenters. The number of hydrogen-bond acceptors (Lipinski definition) is 3. The van der Waals surface area contributed by atoms with E-state index in [2.05, 4.69) is 6.07 Å². The second-order valence-electron chi connectivity index (χ2n) is 6.12. The van der Waals surface area contributed by atoms with Crippen LogP contribution in [0.4, 0.5) is 0 Å². The van der Waals surface area contributed by atoms with Crippen molar-refractivity contribution >= 4 is 23.2 Å². The minimum atomic E-state index is -0.767. The Kier molecular flexibility index (Phi) is 4.29. The van der Waals surface area contributed by atoms with Crippen LogP contribution in [-0.4, -0.2) is 35.0 Å². The topological polar surface area (TPSA) is 57.6 Å². The quantitative estimate of drug-likeness (QED) is 0.873.